The quantitative estimate of drug-likeness (QED) is 0.708. The number of imidazole rings is 1. The number of nitrogens with zero attached hydrogens (tertiary/aromatic N) is 3. The van der Waals surface area contributed by atoms with Gasteiger partial charge in [0.05, 0.1) is 0 Å². The summed E-state index contributed by atoms with van der Waals surface area (Å²) in [5.74, 6) is 1.94. The Morgan fingerprint density at radius 2 is 1.82 bits per heavy atom. The summed E-state index contributed by atoms with van der Waals surface area (Å²) in [6.07, 6.45) is 5.13. The second kappa shape index (κ2) is 7.38. The maximum absolute atomic E-state index is 12.7. The number of benzene rings is 1. The molecule has 2 aromatic heterocycles. The summed E-state index contributed by atoms with van der Waals surface area (Å²) >= 11 is 0. The first-order valence-corrected chi connectivity index (χ1v) is 9.43. The molecule has 1 aromatic carbocycles. The molecule has 0 fully saturated rings. The topological polar surface area (TPSA) is 91.1 Å². The molecule has 1 aliphatic rings. The van der Waals surface area contributed by atoms with Gasteiger partial charge in [-0.1, -0.05) is 26.0 Å². The van der Waals surface area contributed by atoms with Crippen LogP contribution in [0.4, 0.5) is 0 Å². The molecule has 0 atom stereocenters. The summed E-state index contributed by atoms with van der Waals surface area (Å²) in [7, 11) is 0. The Bertz CT molecular complexity index is 1170. The zero-order valence-electron chi connectivity index (χ0n) is 15.9. The van der Waals surface area contributed by atoms with Gasteiger partial charge in [0, 0.05) is 13.1 Å². The Balaban J connectivity index is 1.76. The van der Waals surface area contributed by atoms with Gasteiger partial charge in [-0.2, -0.15) is 0 Å². The fourth-order valence-electron chi connectivity index (χ4n) is 3.30. The zero-order chi connectivity index (χ0) is 19.7. The van der Waals surface area contributed by atoms with Gasteiger partial charge in [0.1, 0.15) is 11.3 Å². The van der Waals surface area contributed by atoms with Crippen molar-refractivity contribution in [3.8, 4) is 11.5 Å². The third-order valence-corrected chi connectivity index (χ3v) is 4.60. The number of rotatable bonds is 6. The Labute approximate surface area is 161 Å². The minimum atomic E-state index is -0.329. The first-order valence-electron chi connectivity index (χ1n) is 9.43. The van der Waals surface area contributed by atoms with E-state index < -0.39 is 0 Å². The van der Waals surface area contributed by atoms with Crippen LogP contribution in [0.5, 0.6) is 11.5 Å². The fraction of sp³-hybridized carbons (Fsp3) is 0.350. The molecule has 1 aliphatic heterocycles. The molecular weight excluding hydrogens is 360 g/mol. The van der Waals surface area contributed by atoms with Crippen LogP contribution in [0.1, 0.15) is 38.1 Å². The smallest absolute Gasteiger partial charge is 0.332 e. The highest BCUT2D eigenvalue weighted by Crippen LogP contribution is 2.32. The molecule has 0 radical (unpaired) electrons. The van der Waals surface area contributed by atoms with Crippen molar-refractivity contribution in [1.29, 1.82) is 0 Å². The standard InChI is InChI=1S/C20H22N4O4/c1-3-9-23-18-17(19(25)24(10-4-2)20(23)26)21-16(22-18)8-6-13-5-7-14-15(11-13)28-12-27-14/h5-8,11H,3-4,9-10,12H2,1-2H3,(H,21,22)/b8-6+. The van der Waals surface area contributed by atoms with Crippen molar-refractivity contribution >= 4 is 23.3 Å². The van der Waals surface area contributed by atoms with Crippen molar-refractivity contribution in [3.63, 3.8) is 0 Å². The first kappa shape index (κ1) is 18.1. The van der Waals surface area contributed by atoms with Gasteiger partial charge in [-0.3, -0.25) is 13.9 Å². The number of hydrogen-bond donors (Lipinski definition) is 1. The Morgan fingerprint density at radius 1 is 1.07 bits per heavy atom. The van der Waals surface area contributed by atoms with Gasteiger partial charge < -0.3 is 14.5 Å². The van der Waals surface area contributed by atoms with Crippen LogP contribution < -0.4 is 20.7 Å². The molecule has 3 aromatic rings. The maximum Gasteiger partial charge on any atom is 0.332 e. The average molecular weight is 382 g/mol. The number of aromatic amines is 1. The molecule has 0 saturated carbocycles. The minimum Gasteiger partial charge on any atom is -0.454 e. The summed E-state index contributed by atoms with van der Waals surface area (Å²) in [6.45, 7) is 5.05. The molecule has 0 spiro atoms. The molecule has 0 amide bonds. The molecular formula is C20H22N4O4. The van der Waals surface area contributed by atoms with Gasteiger partial charge in [0.15, 0.2) is 17.1 Å². The zero-order valence-corrected chi connectivity index (χ0v) is 15.9. The number of fused-ring (bicyclic) bond motifs is 2. The van der Waals surface area contributed by atoms with Gasteiger partial charge in [-0.05, 0) is 36.6 Å². The molecule has 28 heavy (non-hydrogen) atoms. The van der Waals surface area contributed by atoms with Crippen molar-refractivity contribution in [2.24, 2.45) is 0 Å². The van der Waals surface area contributed by atoms with Crippen molar-refractivity contribution in [2.45, 2.75) is 39.8 Å². The summed E-state index contributed by atoms with van der Waals surface area (Å²) in [5, 5.41) is 0. The largest absolute Gasteiger partial charge is 0.454 e. The van der Waals surface area contributed by atoms with E-state index in [9.17, 15) is 9.59 Å². The van der Waals surface area contributed by atoms with Crippen LogP contribution in [0, 0.1) is 0 Å². The minimum absolute atomic E-state index is 0.227. The van der Waals surface area contributed by atoms with E-state index in [1.165, 1.54) is 4.57 Å². The summed E-state index contributed by atoms with van der Waals surface area (Å²) < 4.78 is 13.5. The van der Waals surface area contributed by atoms with Crippen LogP contribution in [0.3, 0.4) is 0 Å². The Morgan fingerprint density at radius 3 is 2.61 bits per heavy atom. The molecule has 0 aliphatic carbocycles. The van der Waals surface area contributed by atoms with E-state index in [1.807, 2.05) is 38.1 Å². The lowest BCUT2D eigenvalue weighted by atomic mass is 10.2. The van der Waals surface area contributed by atoms with E-state index in [2.05, 4.69) is 9.97 Å². The van der Waals surface area contributed by atoms with Gasteiger partial charge in [0.25, 0.3) is 5.56 Å². The van der Waals surface area contributed by atoms with E-state index in [0.29, 0.717) is 42.2 Å². The summed E-state index contributed by atoms with van der Waals surface area (Å²) in [5.41, 5.74) is 1.03. The van der Waals surface area contributed by atoms with Crippen molar-refractivity contribution < 1.29 is 9.47 Å². The molecule has 0 bridgehead atoms. The lowest BCUT2D eigenvalue weighted by Crippen LogP contribution is -2.40. The van der Waals surface area contributed by atoms with Crippen molar-refractivity contribution in [3.05, 3.63) is 50.4 Å². The molecule has 8 heteroatoms. The lowest BCUT2D eigenvalue weighted by molar-refractivity contribution is 0.174. The predicted octanol–water partition coefficient (Wildman–Crippen LogP) is 2.61. The first-order chi connectivity index (χ1) is 13.6. The monoisotopic (exact) mass is 382 g/mol. The molecule has 4 rings (SSSR count). The van der Waals surface area contributed by atoms with E-state index in [-0.39, 0.29) is 18.0 Å². The second-order valence-electron chi connectivity index (χ2n) is 6.66. The Hall–Kier alpha value is -3.29. The second-order valence-corrected chi connectivity index (χ2v) is 6.66. The van der Waals surface area contributed by atoms with Crippen LogP contribution in [-0.4, -0.2) is 25.9 Å². The van der Waals surface area contributed by atoms with Crippen LogP contribution in [0.25, 0.3) is 23.3 Å². The predicted molar refractivity (Wildman–Crippen MR) is 107 cm³/mol. The number of nitrogens with one attached hydrogen (secondary N) is 1. The molecule has 0 saturated heterocycles. The molecule has 146 valence electrons. The SMILES string of the molecule is CCCn1c(=O)c2[nH]c(/C=C/c3ccc4c(c3)OCO4)nc2n(CCC)c1=O. The van der Waals surface area contributed by atoms with Gasteiger partial charge in [-0.15, -0.1) is 0 Å². The molecule has 1 N–H and O–H groups in total. The highest BCUT2D eigenvalue weighted by Gasteiger charge is 2.16. The number of H-pyrrole nitrogens is 1. The van der Waals surface area contributed by atoms with Crippen LogP contribution in [0.2, 0.25) is 0 Å². The Kier molecular flexibility index (Phi) is 4.77. The van der Waals surface area contributed by atoms with Gasteiger partial charge in [-0.25, -0.2) is 9.78 Å². The fourth-order valence-corrected chi connectivity index (χ4v) is 3.30. The number of ether oxygens (including phenoxy) is 2. The van der Waals surface area contributed by atoms with E-state index in [1.54, 1.807) is 10.6 Å². The molecule has 3 heterocycles. The van der Waals surface area contributed by atoms with E-state index >= 15 is 0 Å². The summed E-state index contributed by atoms with van der Waals surface area (Å²) in [6, 6.07) is 5.64. The average Bonchev–Trinajstić information content (AvgIpc) is 3.33. The number of hydrogen-bond acceptors (Lipinski definition) is 5. The molecule has 8 nitrogen and oxygen atoms in total. The highest BCUT2D eigenvalue weighted by molar-refractivity contribution is 5.76. The van der Waals surface area contributed by atoms with Crippen LogP contribution in [-0.2, 0) is 13.1 Å². The third-order valence-electron chi connectivity index (χ3n) is 4.60. The van der Waals surface area contributed by atoms with Crippen LogP contribution >= 0.6 is 0 Å². The van der Waals surface area contributed by atoms with Crippen molar-refractivity contribution in [1.82, 2.24) is 19.1 Å². The highest BCUT2D eigenvalue weighted by atomic mass is 16.7. The van der Waals surface area contributed by atoms with E-state index in [0.717, 1.165) is 17.7 Å². The maximum atomic E-state index is 12.7. The van der Waals surface area contributed by atoms with Crippen LogP contribution in [0.15, 0.2) is 27.8 Å². The van der Waals surface area contributed by atoms with Gasteiger partial charge in [0.2, 0.25) is 6.79 Å². The number of aromatic nitrogens is 4. The van der Waals surface area contributed by atoms with E-state index in [4.69, 9.17) is 9.47 Å². The third kappa shape index (κ3) is 3.11. The lowest BCUT2D eigenvalue weighted by Gasteiger charge is -2.09. The van der Waals surface area contributed by atoms with Crippen molar-refractivity contribution in [2.75, 3.05) is 6.79 Å². The molecule has 0 unspecified atom stereocenters. The van der Waals surface area contributed by atoms with Gasteiger partial charge >= 0.3 is 5.69 Å². The summed E-state index contributed by atoms with van der Waals surface area (Å²) in [4.78, 5) is 33.0. The number of aryl methyl sites for hydroxylation is 1. The normalized spacial score (nSPS) is 13.1.